The maximum atomic E-state index is 6.08. The van der Waals surface area contributed by atoms with Gasteiger partial charge in [0.05, 0.1) is 10.7 Å². The van der Waals surface area contributed by atoms with Crippen LogP contribution in [0.5, 0.6) is 0 Å². The normalized spacial score (nSPS) is 10.8. The summed E-state index contributed by atoms with van der Waals surface area (Å²) in [4.78, 5) is 4.13. The summed E-state index contributed by atoms with van der Waals surface area (Å²) in [7, 11) is 0. The number of hydrogen-bond donors (Lipinski definition) is 2. The number of rotatable bonds is 3. The van der Waals surface area contributed by atoms with Gasteiger partial charge in [0.1, 0.15) is 0 Å². The van der Waals surface area contributed by atoms with E-state index in [4.69, 9.17) is 17.3 Å². The van der Waals surface area contributed by atoms with Crippen molar-refractivity contribution in [1.29, 1.82) is 0 Å². The summed E-state index contributed by atoms with van der Waals surface area (Å²) in [5.74, 6) is 0.804. The van der Waals surface area contributed by atoms with Gasteiger partial charge >= 0.3 is 0 Å². The number of nitrogen functional groups attached to an aromatic ring is 1. The molecule has 3 N–H and O–H groups in total. The second kappa shape index (κ2) is 4.63. The molecular weight excluding hydrogens is 238 g/mol. The van der Waals surface area contributed by atoms with E-state index >= 15 is 0 Å². The SMILES string of the molecule is CC(C)Nc1nc(N)n(-c2ccccc2Cl)n1. The molecule has 0 aliphatic rings. The Bertz CT molecular complexity index is 520. The molecule has 6 heteroatoms. The van der Waals surface area contributed by atoms with Crippen molar-refractivity contribution in [3.05, 3.63) is 29.3 Å². The molecule has 0 aliphatic carbocycles. The highest BCUT2D eigenvalue weighted by Crippen LogP contribution is 2.22. The summed E-state index contributed by atoms with van der Waals surface area (Å²) in [6.07, 6.45) is 0. The van der Waals surface area contributed by atoms with Gasteiger partial charge < -0.3 is 11.1 Å². The zero-order chi connectivity index (χ0) is 12.4. The van der Waals surface area contributed by atoms with E-state index < -0.39 is 0 Å². The van der Waals surface area contributed by atoms with Gasteiger partial charge in [0, 0.05) is 6.04 Å². The van der Waals surface area contributed by atoms with E-state index in [1.165, 1.54) is 4.68 Å². The summed E-state index contributed by atoms with van der Waals surface area (Å²) in [5, 5.41) is 7.94. The van der Waals surface area contributed by atoms with Crippen LogP contribution in [0.25, 0.3) is 5.69 Å². The van der Waals surface area contributed by atoms with Crippen molar-refractivity contribution in [2.45, 2.75) is 19.9 Å². The summed E-state index contributed by atoms with van der Waals surface area (Å²) in [5.41, 5.74) is 6.53. The lowest BCUT2D eigenvalue weighted by Crippen LogP contribution is -2.11. The van der Waals surface area contributed by atoms with Gasteiger partial charge in [-0.3, -0.25) is 0 Å². The van der Waals surface area contributed by atoms with Crippen LogP contribution in [0.2, 0.25) is 5.02 Å². The zero-order valence-electron chi connectivity index (χ0n) is 9.68. The Hall–Kier alpha value is -1.75. The molecule has 17 heavy (non-hydrogen) atoms. The van der Waals surface area contributed by atoms with E-state index in [1.807, 2.05) is 32.0 Å². The maximum Gasteiger partial charge on any atom is 0.244 e. The van der Waals surface area contributed by atoms with Crippen molar-refractivity contribution in [1.82, 2.24) is 14.8 Å². The summed E-state index contributed by atoms with van der Waals surface area (Å²) >= 11 is 6.08. The number of nitrogens with one attached hydrogen (secondary N) is 1. The molecule has 2 rings (SSSR count). The Morgan fingerprint density at radius 2 is 2.06 bits per heavy atom. The molecule has 0 bridgehead atoms. The molecule has 0 fully saturated rings. The molecule has 0 saturated heterocycles. The summed E-state index contributed by atoms with van der Waals surface area (Å²) in [6.45, 7) is 4.01. The Kier molecular flexibility index (Phi) is 3.19. The van der Waals surface area contributed by atoms with Crippen LogP contribution in [0.4, 0.5) is 11.9 Å². The third-order valence-corrected chi connectivity index (χ3v) is 2.45. The number of hydrogen-bond acceptors (Lipinski definition) is 4. The molecule has 1 aromatic carbocycles. The first kappa shape index (κ1) is 11.7. The zero-order valence-corrected chi connectivity index (χ0v) is 10.4. The van der Waals surface area contributed by atoms with Crippen LogP contribution < -0.4 is 11.1 Å². The average Bonchev–Trinajstić information content (AvgIpc) is 2.59. The van der Waals surface area contributed by atoms with Gasteiger partial charge in [-0.05, 0) is 26.0 Å². The first-order valence-electron chi connectivity index (χ1n) is 5.32. The standard InChI is InChI=1S/C11H14ClN5/c1-7(2)14-11-15-10(13)17(16-11)9-6-4-3-5-8(9)12/h3-7H,1-2H3,(H3,13,14,15,16). The minimum atomic E-state index is 0.247. The minimum Gasteiger partial charge on any atom is -0.368 e. The van der Waals surface area contributed by atoms with Crippen LogP contribution in [0.1, 0.15) is 13.8 Å². The van der Waals surface area contributed by atoms with Gasteiger partial charge in [-0.15, -0.1) is 5.10 Å². The molecule has 90 valence electrons. The lowest BCUT2D eigenvalue weighted by atomic mass is 10.3. The molecule has 5 nitrogen and oxygen atoms in total. The van der Waals surface area contributed by atoms with Gasteiger partial charge in [0.2, 0.25) is 11.9 Å². The molecular formula is C11H14ClN5. The summed E-state index contributed by atoms with van der Waals surface area (Å²) in [6, 6.07) is 7.60. The van der Waals surface area contributed by atoms with Crippen molar-refractivity contribution in [3.8, 4) is 5.69 Å². The number of benzene rings is 1. The van der Waals surface area contributed by atoms with E-state index in [9.17, 15) is 0 Å². The Morgan fingerprint density at radius 1 is 1.35 bits per heavy atom. The maximum absolute atomic E-state index is 6.08. The molecule has 0 atom stereocenters. The first-order valence-corrected chi connectivity index (χ1v) is 5.69. The molecule has 0 amide bonds. The fourth-order valence-electron chi connectivity index (χ4n) is 1.44. The fourth-order valence-corrected chi connectivity index (χ4v) is 1.66. The van der Waals surface area contributed by atoms with Crippen LogP contribution in [0.15, 0.2) is 24.3 Å². The van der Waals surface area contributed by atoms with Crippen LogP contribution in [-0.4, -0.2) is 20.8 Å². The van der Waals surface area contributed by atoms with Crippen molar-refractivity contribution in [2.24, 2.45) is 0 Å². The number of nitrogens with two attached hydrogens (primary N) is 1. The van der Waals surface area contributed by atoms with Crippen LogP contribution >= 0.6 is 11.6 Å². The molecule has 1 aromatic heterocycles. The van der Waals surface area contributed by atoms with Gasteiger partial charge in [0.15, 0.2) is 0 Å². The van der Waals surface area contributed by atoms with Gasteiger partial charge in [-0.25, -0.2) is 0 Å². The minimum absolute atomic E-state index is 0.247. The van der Waals surface area contributed by atoms with Crippen LogP contribution in [0, 0.1) is 0 Å². The monoisotopic (exact) mass is 251 g/mol. The number of halogens is 1. The average molecular weight is 252 g/mol. The van der Waals surface area contributed by atoms with Crippen molar-refractivity contribution >= 4 is 23.5 Å². The van der Waals surface area contributed by atoms with E-state index in [2.05, 4.69) is 15.4 Å². The van der Waals surface area contributed by atoms with Gasteiger partial charge in [-0.2, -0.15) is 9.67 Å². The number of para-hydroxylation sites is 1. The first-order chi connectivity index (χ1) is 8.08. The Labute approximate surface area is 105 Å². The predicted molar refractivity (Wildman–Crippen MR) is 69.5 cm³/mol. The van der Waals surface area contributed by atoms with Gasteiger partial charge in [-0.1, -0.05) is 23.7 Å². The Morgan fingerprint density at radius 3 is 2.71 bits per heavy atom. The highest BCUT2D eigenvalue weighted by atomic mass is 35.5. The Balaban J connectivity index is 2.40. The lowest BCUT2D eigenvalue weighted by molar-refractivity contribution is 0.849. The summed E-state index contributed by atoms with van der Waals surface area (Å²) < 4.78 is 1.52. The topological polar surface area (TPSA) is 68.8 Å². The molecule has 0 unspecified atom stereocenters. The smallest absolute Gasteiger partial charge is 0.244 e. The quantitative estimate of drug-likeness (QED) is 0.879. The number of nitrogens with zero attached hydrogens (tertiary/aromatic N) is 3. The van der Waals surface area contributed by atoms with E-state index in [1.54, 1.807) is 6.07 Å². The molecule has 0 aliphatic heterocycles. The second-order valence-corrected chi connectivity index (χ2v) is 4.36. The van der Waals surface area contributed by atoms with Gasteiger partial charge in [0.25, 0.3) is 0 Å². The molecule has 0 spiro atoms. The highest BCUT2D eigenvalue weighted by molar-refractivity contribution is 6.32. The predicted octanol–water partition coefficient (Wildman–Crippen LogP) is 2.32. The lowest BCUT2D eigenvalue weighted by Gasteiger charge is -2.05. The van der Waals surface area contributed by atoms with E-state index in [0.717, 1.165) is 5.69 Å². The number of anilines is 2. The number of aromatic nitrogens is 3. The van der Waals surface area contributed by atoms with Crippen molar-refractivity contribution in [3.63, 3.8) is 0 Å². The van der Waals surface area contributed by atoms with Crippen LogP contribution in [0.3, 0.4) is 0 Å². The van der Waals surface area contributed by atoms with Crippen molar-refractivity contribution in [2.75, 3.05) is 11.1 Å². The van der Waals surface area contributed by atoms with Crippen molar-refractivity contribution < 1.29 is 0 Å². The third-order valence-electron chi connectivity index (χ3n) is 2.13. The third kappa shape index (κ3) is 2.50. The second-order valence-electron chi connectivity index (χ2n) is 3.96. The van der Waals surface area contributed by atoms with Crippen LogP contribution in [-0.2, 0) is 0 Å². The van der Waals surface area contributed by atoms with E-state index in [-0.39, 0.29) is 6.04 Å². The molecule has 0 radical (unpaired) electrons. The molecule has 2 aromatic rings. The molecule has 0 saturated carbocycles. The van der Waals surface area contributed by atoms with E-state index in [0.29, 0.717) is 16.9 Å². The highest BCUT2D eigenvalue weighted by Gasteiger charge is 2.11. The fraction of sp³-hybridized carbons (Fsp3) is 0.273. The molecule has 1 heterocycles. The largest absolute Gasteiger partial charge is 0.368 e.